The lowest BCUT2D eigenvalue weighted by Gasteiger charge is -2.16. The van der Waals surface area contributed by atoms with Crippen LogP contribution in [0.25, 0.3) is 11.2 Å². The van der Waals surface area contributed by atoms with E-state index in [0.717, 1.165) is 0 Å². The molecule has 0 unspecified atom stereocenters. The third-order valence-corrected chi connectivity index (χ3v) is 3.93. The first-order valence-electron chi connectivity index (χ1n) is 7.70. The van der Waals surface area contributed by atoms with Gasteiger partial charge in [0.2, 0.25) is 0 Å². The van der Waals surface area contributed by atoms with Crippen molar-refractivity contribution in [1.82, 2.24) is 19.5 Å². The second-order valence-electron chi connectivity index (χ2n) is 5.94. The second-order valence-corrected chi connectivity index (χ2v) is 5.94. The molecule has 1 aliphatic rings. The summed E-state index contributed by atoms with van der Waals surface area (Å²) in [5, 5.41) is 32.4. The van der Waals surface area contributed by atoms with Gasteiger partial charge in [-0.2, -0.15) is 0 Å². The van der Waals surface area contributed by atoms with Crippen LogP contribution in [0.3, 0.4) is 0 Å². The van der Waals surface area contributed by atoms with E-state index in [1.807, 2.05) is 19.9 Å². The highest BCUT2D eigenvalue weighted by Gasteiger charge is 2.43. The van der Waals surface area contributed by atoms with E-state index < -0.39 is 24.5 Å². The number of aliphatic hydroxyl groups excluding tert-OH is 3. The molecule has 1 saturated heterocycles. The Labute approximate surface area is 138 Å². The second kappa shape index (κ2) is 6.81. The van der Waals surface area contributed by atoms with Gasteiger partial charge in [-0.1, -0.05) is 11.6 Å². The van der Waals surface area contributed by atoms with E-state index >= 15 is 0 Å². The largest absolute Gasteiger partial charge is 0.394 e. The van der Waals surface area contributed by atoms with Crippen LogP contribution in [-0.2, 0) is 4.74 Å². The van der Waals surface area contributed by atoms with E-state index in [2.05, 4.69) is 20.3 Å². The maximum Gasteiger partial charge on any atom is 0.167 e. The summed E-state index contributed by atoms with van der Waals surface area (Å²) in [6.07, 6.45) is 0.823. The van der Waals surface area contributed by atoms with Crippen LogP contribution >= 0.6 is 0 Å². The maximum absolute atomic E-state index is 10.2. The third-order valence-electron chi connectivity index (χ3n) is 3.93. The van der Waals surface area contributed by atoms with E-state index in [9.17, 15) is 15.3 Å². The molecule has 2 aromatic rings. The fraction of sp³-hybridized carbons (Fsp3) is 0.533. The van der Waals surface area contributed by atoms with Gasteiger partial charge in [0.05, 0.1) is 12.9 Å². The number of hydrogen-bond acceptors (Lipinski definition) is 8. The van der Waals surface area contributed by atoms with Crippen LogP contribution in [0.5, 0.6) is 0 Å². The molecule has 1 fully saturated rings. The minimum Gasteiger partial charge on any atom is -0.394 e. The Morgan fingerprint density at radius 3 is 2.75 bits per heavy atom. The van der Waals surface area contributed by atoms with Gasteiger partial charge in [-0.05, 0) is 13.8 Å². The molecular formula is C15H21N5O4. The number of imidazole rings is 1. The van der Waals surface area contributed by atoms with E-state index in [1.165, 1.54) is 22.8 Å². The van der Waals surface area contributed by atoms with Crippen molar-refractivity contribution in [2.45, 2.75) is 38.4 Å². The molecule has 1 aliphatic heterocycles. The number of fused-ring (bicyclic) bond motifs is 1. The molecule has 0 aromatic carbocycles. The molecule has 0 aliphatic carbocycles. The summed E-state index contributed by atoms with van der Waals surface area (Å²) in [5.74, 6) is 0.572. The molecule has 0 radical (unpaired) electrons. The highest BCUT2D eigenvalue weighted by molar-refractivity contribution is 5.82. The Kier molecular flexibility index (Phi) is 4.76. The van der Waals surface area contributed by atoms with Crippen molar-refractivity contribution < 1.29 is 20.1 Å². The Morgan fingerprint density at radius 2 is 2.08 bits per heavy atom. The molecule has 130 valence electrons. The first-order valence-corrected chi connectivity index (χ1v) is 7.70. The molecule has 24 heavy (non-hydrogen) atoms. The molecule has 9 heteroatoms. The van der Waals surface area contributed by atoms with Gasteiger partial charge < -0.3 is 25.4 Å². The zero-order chi connectivity index (χ0) is 17.3. The lowest BCUT2D eigenvalue weighted by molar-refractivity contribution is -0.0511. The molecule has 2 aromatic heterocycles. The lowest BCUT2D eigenvalue weighted by Crippen LogP contribution is -2.33. The van der Waals surface area contributed by atoms with E-state index in [-0.39, 0.29) is 6.61 Å². The van der Waals surface area contributed by atoms with Gasteiger partial charge >= 0.3 is 0 Å². The van der Waals surface area contributed by atoms with Crippen LogP contribution in [-0.4, -0.2) is 66.3 Å². The fourth-order valence-corrected chi connectivity index (χ4v) is 2.63. The summed E-state index contributed by atoms with van der Waals surface area (Å²) in [6.45, 7) is 4.24. The summed E-state index contributed by atoms with van der Waals surface area (Å²) < 4.78 is 7.06. The summed E-state index contributed by atoms with van der Waals surface area (Å²) in [7, 11) is 0. The molecule has 0 bridgehead atoms. The van der Waals surface area contributed by atoms with Crippen LogP contribution in [0.2, 0.25) is 0 Å². The summed E-state index contributed by atoms with van der Waals surface area (Å²) in [4.78, 5) is 12.7. The van der Waals surface area contributed by atoms with Crippen LogP contribution in [0.15, 0.2) is 24.3 Å². The van der Waals surface area contributed by atoms with Crippen LogP contribution in [0, 0.1) is 0 Å². The average Bonchev–Trinajstić information content (AvgIpc) is 3.10. The first kappa shape index (κ1) is 16.8. The van der Waals surface area contributed by atoms with Crippen molar-refractivity contribution >= 4 is 17.0 Å². The molecule has 4 atom stereocenters. The smallest absolute Gasteiger partial charge is 0.167 e. The molecule has 0 saturated carbocycles. The summed E-state index contributed by atoms with van der Waals surface area (Å²) in [5.41, 5.74) is 2.20. The SMILES string of the molecule is CC(C)=CCNc1ncnc2c1ncn2[C@@H]1O[C@H](CO)[C@@H](O)[C@H]1O. The van der Waals surface area contributed by atoms with Crippen LogP contribution in [0.1, 0.15) is 20.1 Å². The number of rotatable bonds is 5. The maximum atomic E-state index is 10.2. The van der Waals surface area contributed by atoms with Gasteiger partial charge in [-0.25, -0.2) is 15.0 Å². The van der Waals surface area contributed by atoms with Crippen molar-refractivity contribution in [2.75, 3.05) is 18.5 Å². The van der Waals surface area contributed by atoms with Crippen molar-refractivity contribution in [3.63, 3.8) is 0 Å². The first-order chi connectivity index (χ1) is 11.5. The third kappa shape index (κ3) is 2.98. The summed E-state index contributed by atoms with van der Waals surface area (Å²) in [6, 6.07) is 0. The number of aliphatic hydroxyl groups is 3. The standard InChI is InChI=1S/C15H21N5O4/c1-8(2)3-4-16-13-10-14(18-6-17-13)20(7-19-10)15-12(23)11(22)9(5-21)24-15/h3,6-7,9,11-12,15,21-23H,4-5H2,1-2H3,(H,16,17,18)/t9-,11-,12-,15-/m1/s1. The minimum absolute atomic E-state index is 0.383. The number of hydrogen-bond donors (Lipinski definition) is 4. The molecule has 3 rings (SSSR count). The van der Waals surface area contributed by atoms with Gasteiger partial charge in [0.15, 0.2) is 23.2 Å². The monoisotopic (exact) mass is 335 g/mol. The highest BCUT2D eigenvalue weighted by atomic mass is 16.6. The number of ether oxygens (including phenoxy) is 1. The zero-order valence-electron chi connectivity index (χ0n) is 13.5. The average molecular weight is 335 g/mol. The van der Waals surface area contributed by atoms with Gasteiger partial charge in [0.25, 0.3) is 0 Å². The molecule has 4 N–H and O–H groups in total. The summed E-state index contributed by atoms with van der Waals surface area (Å²) >= 11 is 0. The van der Waals surface area contributed by atoms with E-state index in [1.54, 1.807) is 0 Å². The van der Waals surface area contributed by atoms with Gasteiger partial charge in [0, 0.05) is 6.54 Å². The van der Waals surface area contributed by atoms with E-state index in [0.29, 0.717) is 23.5 Å². The number of aromatic nitrogens is 4. The Morgan fingerprint density at radius 1 is 1.29 bits per heavy atom. The van der Waals surface area contributed by atoms with Crippen molar-refractivity contribution in [3.05, 3.63) is 24.3 Å². The highest BCUT2D eigenvalue weighted by Crippen LogP contribution is 2.31. The topological polar surface area (TPSA) is 126 Å². The Bertz CT molecular complexity index is 743. The van der Waals surface area contributed by atoms with Crippen molar-refractivity contribution in [1.29, 1.82) is 0 Å². The van der Waals surface area contributed by atoms with Crippen LogP contribution < -0.4 is 5.32 Å². The Hall–Kier alpha value is -2.07. The van der Waals surface area contributed by atoms with Crippen LogP contribution in [0.4, 0.5) is 5.82 Å². The molecule has 3 heterocycles. The number of allylic oxidation sites excluding steroid dienone is 1. The molecule has 0 amide bonds. The predicted octanol–water partition coefficient (Wildman–Crippen LogP) is -0.184. The van der Waals surface area contributed by atoms with Crippen molar-refractivity contribution in [2.24, 2.45) is 0 Å². The normalized spacial score (nSPS) is 26.7. The quantitative estimate of drug-likeness (QED) is 0.554. The molecule has 0 spiro atoms. The van der Waals surface area contributed by atoms with Gasteiger partial charge in [0.1, 0.15) is 24.6 Å². The molecular weight excluding hydrogens is 314 g/mol. The number of nitrogens with zero attached hydrogens (tertiary/aromatic N) is 4. The fourth-order valence-electron chi connectivity index (χ4n) is 2.63. The number of anilines is 1. The number of nitrogens with one attached hydrogen (secondary N) is 1. The van der Waals surface area contributed by atoms with Crippen molar-refractivity contribution in [3.8, 4) is 0 Å². The molecule has 9 nitrogen and oxygen atoms in total. The minimum atomic E-state index is -1.18. The van der Waals surface area contributed by atoms with E-state index in [4.69, 9.17) is 4.74 Å². The predicted molar refractivity (Wildman–Crippen MR) is 86.3 cm³/mol. The van der Waals surface area contributed by atoms with Gasteiger partial charge in [-0.3, -0.25) is 4.57 Å². The Balaban J connectivity index is 1.90. The van der Waals surface area contributed by atoms with Gasteiger partial charge in [-0.15, -0.1) is 0 Å². The zero-order valence-corrected chi connectivity index (χ0v) is 13.5. The lowest BCUT2D eigenvalue weighted by atomic mass is 10.1.